The van der Waals surface area contributed by atoms with Crippen molar-refractivity contribution in [3.05, 3.63) is 0 Å². The molecule has 0 saturated carbocycles. The number of rotatable bonds is 8. The van der Waals surface area contributed by atoms with Gasteiger partial charge in [0.15, 0.2) is 5.96 Å². The number of aliphatic imine (C=N–C) groups is 1. The van der Waals surface area contributed by atoms with E-state index in [1.165, 1.54) is 0 Å². The number of nitrogens with one attached hydrogen (secondary N) is 2. The minimum absolute atomic E-state index is 0. The first-order valence-electron chi connectivity index (χ1n) is 9.94. The molecule has 0 aromatic carbocycles. The van der Waals surface area contributed by atoms with Gasteiger partial charge in [0, 0.05) is 38.8 Å². The SMILES string of the molecule is CCNC(=NCC1CCN(S(=O)(=O)C(F)(F)F)CC1)NC(C)COC1CCOC1.I. The molecule has 2 atom stereocenters. The van der Waals surface area contributed by atoms with Crippen LogP contribution >= 0.6 is 24.0 Å². The van der Waals surface area contributed by atoms with Gasteiger partial charge in [0.1, 0.15) is 0 Å². The highest BCUT2D eigenvalue weighted by Gasteiger charge is 2.50. The molecule has 13 heteroatoms. The van der Waals surface area contributed by atoms with Crippen LogP contribution in [0.25, 0.3) is 0 Å². The lowest BCUT2D eigenvalue weighted by atomic mass is 9.98. The van der Waals surface area contributed by atoms with Gasteiger partial charge >= 0.3 is 15.5 Å². The molecule has 2 rings (SSSR count). The molecule has 30 heavy (non-hydrogen) atoms. The van der Waals surface area contributed by atoms with Crippen LogP contribution in [0.3, 0.4) is 0 Å². The number of halogens is 4. The van der Waals surface area contributed by atoms with Crippen LogP contribution in [-0.2, 0) is 19.5 Å². The Labute approximate surface area is 193 Å². The molecule has 0 aromatic rings. The Bertz CT molecular complexity index is 637. The molecule has 2 aliphatic heterocycles. The summed E-state index contributed by atoms with van der Waals surface area (Å²) in [4.78, 5) is 4.52. The van der Waals surface area contributed by atoms with Crippen LogP contribution < -0.4 is 10.6 Å². The number of piperidine rings is 1. The van der Waals surface area contributed by atoms with Crippen LogP contribution in [0.2, 0.25) is 0 Å². The number of alkyl halides is 3. The largest absolute Gasteiger partial charge is 0.511 e. The quantitative estimate of drug-likeness (QED) is 0.263. The maximum Gasteiger partial charge on any atom is 0.511 e. The average molecular weight is 572 g/mol. The van der Waals surface area contributed by atoms with E-state index in [0.717, 1.165) is 13.0 Å². The van der Waals surface area contributed by atoms with Crippen LogP contribution in [0, 0.1) is 5.92 Å². The molecule has 0 aliphatic carbocycles. The summed E-state index contributed by atoms with van der Waals surface area (Å²) in [6.07, 6.45) is 1.71. The second kappa shape index (κ2) is 12.6. The summed E-state index contributed by atoms with van der Waals surface area (Å²) in [5.41, 5.74) is -5.25. The van der Waals surface area contributed by atoms with Crippen LogP contribution in [-0.4, -0.2) is 82.3 Å². The lowest BCUT2D eigenvalue weighted by molar-refractivity contribution is -0.0496. The van der Waals surface area contributed by atoms with E-state index in [2.05, 4.69) is 15.6 Å². The van der Waals surface area contributed by atoms with Gasteiger partial charge in [0.05, 0.1) is 19.3 Å². The van der Waals surface area contributed by atoms with E-state index in [1.807, 2.05) is 13.8 Å². The summed E-state index contributed by atoms with van der Waals surface area (Å²) >= 11 is 0. The number of guanidine groups is 1. The van der Waals surface area contributed by atoms with E-state index in [4.69, 9.17) is 9.47 Å². The van der Waals surface area contributed by atoms with Gasteiger partial charge in [-0.05, 0) is 39.0 Å². The Morgan fingerprint density at radius 3 is 2.50 bits per heavy atom. The third-order valence-electron chi connectivity index (χ3n) is 4.91. The van der Waals surface area contributed by atoms with Crippen molar-refractivity contribution in [2.24, 2.45) is 10.9 Å². The highest BCUT2D eigenvalue weighted by molar-refractivity contribution is 14.0. The van der Waals surface area contributed by atoms with Gasteiger partial charge in [-0.25, -0.2) is 8.42 Å². The Morgan fingerprint density at radius 2 is 1.97 bits per heavy atom. The maximum absolute atomic E-state index is 12.7. The Balaban J connectivity index is 0.00000450. The molecule has 0 bridgehead atoms. The van der Waals surface area contributed by atoms with Gasteiger partial charge in [0.25, 0.3) is 0 Å². The normalized spacial score (nSPS) is 23.1. The standard InChI is InChI=1S/C17H31F3N4O4S.HI/c1-3-21-16(23-13(2)11-28-15-6-9-27-12-15)22-10-14-4-7-24(8-5-14)29(25,26)17(18,19)20;/h13-15H,3-12H2,1-2H3,(H2,21,22,23);1H. The van der Waals surface area contributed by atoms with E-state index in [9.17, 15) is 21.6 Å². The fraction of sp³-hybridized carbons (Fsp3) is 0.941. The van der Waals surface area contributed by atoms with Gasteiger partial charge in [-0.2, -0.15) is 17.5 Å². The van der Waals surface area contributed by atoms with Gasteiger partial charge in [-0.1, -0.05) is 0 Å². The van der Waals surface area contributed by atoms with Crippen LogP contribution in [0.5, 0.6) is 0 Å². The zero-order chi connectivity index (χ0) is 21.5. The number of nitrogens with zero attached hydrogens (tertiary/aromatic N) is 2. The summed E-state index contributed by atoms with van der Waals surface area (Å²) in [6.45, 7) is 6.56. The fourth-order valence-electron chi connectivity index (χ4n) is 3.22. The van der Waals surface area contributed by atoms with Crippen LogP contribution in [0.4, 0.5) is 13.2 Å². The summed E-state index contributed by atoms with van der Waals surface area (Å²) in [5.74, 6) is 0.643. The molecule has 2 unspecified atom stereocenters. The lowest BCUT2D eigenvalue weighted by Gasteiger charge is -2.31. The highest BCUT2D eigenvalue weighted by Crippen LogP contribution is 2.30. The minimum Gasteiger partial charge on any atom is -0.379 e. The lowest BCUT2D eigenvalue weighted by Crippen LogP contribution is -2.46. The number of ether oxygens (including phenoxy) is 2. The van der Waals surface area contributed by atoms with Crippen LogP contribution in [0.15, 0.2) is 4.99 Å². The van der Waals surface area contributed by atoms with Gasteiger partial charge in [-0.15, -0.1) is 24.0 Å². The maximum atomic E-state index is 12.7. The third kappa shape index (κ3) is 8.28. The summed E-state index contributed by atoms with van der Waals surface area (Å²) < 4.78 is 72.5. The highest BCUT2D eigenvalue weighted by atomic mass is 127. The van der Waals surface area contributed by atoms with Crippen molar-refractivity contribution < 1.29 is 31.1 Å². The first-order chi connectivity index (χ1) is 13.6. The van der Waals surface area contributed by atoms with Crippen molar-refractivity contribution in [3.8, 4) is 0 Å². The van der Waals surface area contributed by atoms with Crippen molar-refractivity contribution in [1.82, 2.24) is 14.9 Å². The van der Waals surface area contributed by atoms with Crippen molar-refractivity contribution in [2.45, 2.75) is 50.8 Å². The van der Waals surface area contributed by atoms with E-state index < -0.39 is 15.5 Å². The molecule has 0 aromatic heterocycles. The molecule has 2 fully saturated rings. The predicted octanol–water partition coefficient (Wildman–Crippen LogP) is 1.92. The summed E-state index contributed by atoms with van der Waals surface area (Å²) in [6, 6.07) is 0.0205. The summed E-state index contributed by atoms with van der Waals surface area (Å²) in [5, 5.41) is 6.39. The Kier molecular flexibility index (Phi) is 11.6. The predicted molar refractivity (Wildman–Crippen MR) is 118 cm³/mol. The molecular weight excluding hydrogens is 540 g/mol. The molecule has 2 N–H and O–H groups in total. The number of sulfonamides is 1. The van der Waals surface area contributed by atoms with Crippen LogP contribution in [0.1, 0.15) is 33.1 Å². The molecule has 8 nitrogen and oxygen atoms in total. The second-order valence-electron chi connectivity index (χ2n) is 7.38. The van der Waals surface area contributed by atoms with E-state index in [0.29, 0.717) is 49.4 Å². The average Bonchev–Trinajstić information content (AvgIpc) is 3.18. The van der Waals surface area contributed by atoms with Crippen molar-refractivity contribution in [1.29, 1.82) is 0 Å². The molecule has 2 aliphatic rings. The van der Waals surface area contributed by atoms with E-state index >= 15 is 0 Å². The zero-order valence-electron chi connectivity index (χ0n) is 17.3. The molecule has 2 heterocycles. The topological polar surface area (TPSA) is 92.3 Å². The first kappa shape index (κ1) is 27.7. The van der Waals surface area contributed by atoms with Crippen molar-refractivity contribution in [2.75, 3.05) is 46.0 Å². The van der Waals surface area contributed by atoms with Gasteiger partial charge < -0.3 is 20.1 Å². The first-order valence-corrected chi connectivity index (χ1v) is 11.4. The summed E-state index contributed by atoms with van der Waals surface area (Å²) in [7, 11) is -5.24. The van der Waals surface area contributed by atoms with Crippen molar-refractivity contribution >= 4 is 40.0 Å². The molecule has 178 valence electrons. The third-order valence-corrected chi connectivity index (χ3v) is 6.54. The van der Waals surface area contributed by atoms with E-state index in [1.54, 1.807) is 0 Å². The monoisotopic (exact) mass is 572 g/mol. The van der Waals surface area contributed by atoms with E-state index in [-0.39, 0.29) is 55.1 Å². The molecule has 0 amide bonds. The number of hydrogen-bond donors (Lipinski definition) is 2. The molecular formula is C17H32F3IN4O4S. The second-order valence-corrected chi connectivity index (χ2v) is 9.31. The number of hydrogen-bond acceptors (Lipinski definition) is 5. The zero-order valence-corrected chi connectivity index (χ0v) is 20.4. The molecule has 0 radical (unpaired) electrons. The Hall–Kier alpha value is -0.380. The Morgan fingerprint density at radius 1 is 1.30 bits per heavy atom. The van der Waals surface area contributed by atoms with Gasteiger partial charge in [-0.3, -0.25) is 4.99 Å². The van der Waals surface area contributed by atoms with Gasteiger partial charge in [0.2, 0.25) is 0 Å². The smallest absolute Gasteiger partial charge is 0.379 e. The molecule has 0 spiro atoms. The fourth-order valence-corrected chi connectivity index (χ4v) is 4.20. The molecule has 2 saturated heterocycles. The van der Waals surface area contributed by atoms with Crippen molar-refractivity contribution in [3.63, 3.8) is 0 Å². The minimum atomic E-state index is -5.25.